The molecule has 3 N–H and O–H groups in total. The molecular weight excluding hydrogens is 390 g/mol. The second kappa shape index (κ2) is 9.65. The summed E-state index contributed by atoms with van der Waals surface area (Å²) >= 11 is 1.60. The van der Waals surface area contributed by atoms with Gasteiger partial charge in [-0.25, -0.2) is 0 Å². The molecule has 156 valence electrons. The van der Waals surface area contributed by atoms with Crippen molar-refractivity contribution in [1.82, 2.24) is 4.90 Å². The SMILES string of the molecule is Cc1c(OCC(O)CN(CCO)CCO)cc2c(=O)c3ccccc3sc2c1C. The third-order valence-corrected chi connectivity index (χ3v) is 6.42. The number of aliphatic hydroxyl groups excluding tert-OH is 3. The highest BCUT2D eigenvalue weighted by Crippen LogP contribution is 2.33. The van der Waals surface area contributed by atoms with Crippen LogP contribution in [0.1, 0.15) is 11.1 Å². The molecule has 0 saturated heterocycles. The lowest BCUT2D eigenvalue weighted by Crippen LogP contribution is -2.38. The fourth-order valence-electron chi connectivity index (χ4n) is 3.42. The lowest BCUT2D eigenvalue weighted by Gasteiger charge is -2.24. The second-order valence-corrected chi connectivity index (χ2v) is 8.19. The molecule has 7 heteroatoms. The Kier molecular flexibility index (Phi) is 7.21. The largest absolute Gasteiger partial charge is 0.491 e. The lowest BCUT2D eigenvalue weighted by atomic mass is 10.1. The van der Waals surface area contributed by atoms with E-state index in [-0.39, 0.29) is 31.8 Å². The van der Waals surface area contributed by atoms with E-state index in [4.69, 9.17) is 14.9 Å². The van der Waals surface area contributed by atoms with E-state index in [1.807, 2.05) is 38.1 Å². The van der Waals surface area contributed by atoms with Gasteiger partial charge in [-0.3, -0.25) is 9.69 Å². The minimum atomic E-state index is -0.783. The number of fused-ring (bicyclic) bond motifs is 2. The van der Waals surface area contributed by atoms with Crippen molar-refractivity contribution in [3.63, 3.8) is 0 Å². The highest BCUT2D eigenvalue weighted by Gasteiger charge is 2.16. The van der Waals surface area contributed by atoms with Gasteiger partial charge in [-0.05, 0) is 43.2 Å². The number of hydrogen-bond acceptors (Lipinski definition) is 7. The molecule has 1 atom stereocenters. The fourth-order valence-corrected chi connectivity index (χ4v) is 4.63. The van der Waals surface area contributed by atoms with Crippen LogP contribution in [0.15, 0.2) is 35.1 Å². The van der Waals surface area contributed by atoms with Gasteiger partial charge in [-0.1, -0.05) is 12.1 Å². The first-order valence-corrected chi connectivity index (χ1v) is 10.5. The molecule has 3 rings (SSSR count). The van der Waals surface area contributed by atoms with Crippen molar-refractivity contribution >= 4 is 31.5 Å². The van der Waals surface area contributed by atoms with E-state index in [2.05, 4.69) is 0 Å². The summed E-state index contributed by atoms with van der Waals surface area (Å²) in [5, 5.41) is 29.8. The maximum Gasteiger partial charge on any atom is 0.196 e. The van der Waals surface area contributed by atoms with Crippen LogP contribution in [0.4, 0.5) is 0 Å². The Morgan fingerprint density at radius 1 is 1.07 bits per heavy atom. The molecule has 0 aliphatic carbocycles. The number of aliphatic hydroxyl groups is 3. The number of hydrogen-bond donors (Lipinski definition) is 3. The summed E-state index contributed by atoms with van der Waals surface area (Å²) in [6.45, 7) is 4.94. The normalized spacial score (nSPS) is 12.8. The molecule has 1 aromatic heterocycles. The molecule has 0 aliphatic rings. The van der Waals surface area contributed by atoms with Crippen LogP contribution in [0, 0.1) is 13.8 Å². The zero-order valence-electron chi connectivity index (χ0n) is 16.7. The average Bonchev–Trinajstić information content (AvgIpc) is 2.71. The van der Waals surface area contributed by atoms with Crippen molar-refractivity contribution < 1.29 is 20.1 Å². The highest BCUT2D eigenvalue weighted by molar-refractivity contribution is 7.24. The van der Waals surface area contributed by atoms with Crippen LogP contribution in [-0.4, -0.2) is 65.8 Å². The van der Waals surface area contributed by atoms with E-state index in [0.717, 1.165) is 20.5 Å². The van der Waals surface area contributed by atoms with Crippen LogP contribution in [0.3, 0.4) is 0 Å². The quantitative estimate of drug-likeness (QED) is 0.462. The summed E-state index contributed by atoms with van der Waals surface area (Å²) in [5.74, 6) is 0.587. The Labute approximate surface area is 173 Å². The predicted molar refractivity (Wildman–Crippen MR) is 117 cm³/mol. The van der Waals surface area contributed by atoms with Crippen LogP contribution < -0.4 is 10.2 Å². The maximum atomic E-state index is 13.0. The molecule has 0 fully saturated rings. The third-order valence-electron chi connectivity index (χ3n) is 5.11. The van der Waals surface area contributed by atoms with Gasteiger partial charge >= 0.3 is 0 Å². The summed E-state index contributed by atoms with van der Waals surface area (Å²) in [4.78, 5) is 14.8. The monoisotopic (exact) mass is 417 g/mol. The maximum absolute atomic E-state index is 13.0. The van der Waals surface area contributed by atoms with Gasteiger partial charge in [-0.15, -0.1) is 11.3 Å². The first kappa shape index (κ1) is 21.7. The number of nitrogens with zero attached hydrogens (tertiary/aromatic N) is 1. The van der Waals surface area contributed by atoms with Crippen molar-refractivity contribution in [1.29, 1.82) is 0 Å². The first-order valence-electron chi connectivity index (χ1n) is 9.67. The first-order chi connectivity index (χ1) is 14.0. The summed E-state index contributed by atoms with van der Waals surface area (Å²) in [7, 11) is 0. The van der Waals surface area contributed by atoms with E-state index in [9.17, 15) is 9.90 Å². The summed E-state index contributed by atoms with van der Waals surface area (Å²) in [5.41, 5.74) is 1.93. The van der Waals surface area contributed by atoms with E-state index in [1.54, 1.807) is 22.3 Å². The third kappa shape index (κ3) is 4.76. The number of rotatable bonds is 9. The van der Waals surface area contributed by atoms with Crippen molar-refractivity contribution in [2.75, 3.05) is 39.5 Å². The van der Waals surface area contributed by atoms with Crippen LogP contribution >= 0.6 is 11.3 Å². The van der Waals surface area contributed by atoms with Gasteiger partial charge in [0.1, 0.15) is 18.5 Å². The van der Waals surface area contributed by atoms with Gasteiger partial charge in [-0.2, -0.15) is 0 Å². The van der Waals surface area contributed by atoms with E-state index >= 15 is 0 Å². The van der Waals surface area contributed by atoms with Gasteiger partial charge < -0.3 is 20.1 Å². The van der Waals surface area contributed by atoms with Crippen LogP contribution in [0.2, 0.25) is 0 Å². The zero-order valence-corrected chi connectivity index (χ0v) is 17.5. The summed E-state index contributed by atoms with van der Waals surface area (Å²) < 4.78 is 7.79. The van der Waals surface area contributed by atoms with Crippen molar-refractivity contribution in [3.8, 4) is 5.75 Å². The van der Waals surface area contributed by atoms with Crippen molar-refractivity contribution in [3.05, 3.63) is 51.7 Å². The van der Waals surface area contributed by atoms with Crippen LogP contribution in [0.5, 0.6) is 5.75 Å². The van der Waals surface area contributed by atoms with E-state index < -0.39 is 6.10 Å². The fraction of sp³-hybridized carbons (Fsp3) is 0.409. The molecular formula is C22H27NO5S. The lowest BCUT2D eigenvalue weighted by molar-refractivity contribution is 0.0551. The Morgan fingerprint density at radius 3 is 2.45 bits per heavy atom. The topological polar surface area (TPSA) is 90.2 Å². The molecule has 29 heavy (non-hydrogen) atoms. The predicted octanol–water partition coefficient (Wildman–Crippen LogP) is 2.06. The van der Waals surface area contributed by atoms with Gasteiger partial charge in [0.05, 0.1) is 13.2 Å². The molecule has 1 unspecified atom stereocenters. The zero-order chi connectivity index (χ0) is 21.0. The smallest absolute Gasteiger partial charge is 0.196 e. The molecule has 6 nitrogen and oxygen atoms in total. The summed E-state index contributed by atoms with van der Waals surface area (Å²) in [6, 6.07) is 9.36. The minimum absolute atomic E-state index is 0.0140. The van der Waals surface area contributed by atoms with Gasteiger partial charge in [0.2, 0.25) is 0 Å². The van der Waals surface area contributed by atoms with Crippen molar-refractivity contribution in [2.45, 2.75) is 20.0 Å². The summed E-state index contributed by atoms with van der Waals surface area (Å²) in [6.07, 6.45) is -0.783. The minimum Gasteiger partial charge on any atom is -0.491 e. The van der Waals surface area contributed by atoms with E-state index in [0.29, 0.717) is 29.6 Å². The Bertz CT molecular complexity index is 1040. The number of aryl methyl sites for hydroxylation is 1. The Hall–Kier alpha value is -2.03. The van der Waals surface area contributed by atoms with E-state index in [1.165, 1.54) is 0 Å². The van der Waals surface area contributed by atoms with Crippen LogP contribution in [-0.2, 0) is 0 Å². The Morgan fingerprint density at radius 2 is 1.76 bits per heavy atom. The standard InChI is InChI=1S/C22H27NO5S/c1-14-15(2)22-18(21(27)17-5-3-4-6-20(17)29-22)11-19(14)28-13-16(26)12-23(7-9-24)8-10-25/h3-6,11,16,24-26H,7-10,12-13H2,1-2H3. The molecule has 0 bridgehead atoms. The Balaban J connectivity index is 1.86. The molecule has 3 aromatic rings. The highest BCUT2D eigenvalue weighted by atomic mass is 32.1. The van der Waals surface area contributed by atoms with Gasteiger partial charge in [0.25, 0.3) is 0 Å². The van der Waals surface area contributed by atoms with Gasteiger partial charge in [0, 0.05) is 39.8 Å². The molecule has 2 aromatic carbocycles. The van der Waals surface area contributed by atoms with Crippen LogP contribution in [0.25, 0.3) is 20.2 Å². The second-order valence-electron chi connectivity index (χ2n) is 7.14. The molecule has 0 amide bonds. The molecule has 1 heterocycles. The van der Waals surface area contributed by atoms with Gasteiger partial charge in [0.15, 0.2) is 5.43 Å². The number of ether oxygens (including phenoxy) is 1. The molecule has 0 radical (unpaired) electrons. The molecule has 0 spiro atoms. The average molecular weight is 418 g/mol. The van der Waals surface area contributed by atoms with Crippen molar-refractivity contribution in [2.24, 2.45) is 0 Å². The number of benzene rings is 2. The molecule has 0 saturated carbocycles. The molecule has 0 aliphatic heterocycles.